The topological polar surface area (TPSA) is 271 Å². The minimum atomic E-state index is -1.05. The largest absolute Gasteiger partial charge is 0.871 e. The normalized spacial score (nSPS) is 16.4. The van der Waals surface area contributed by atoms with Gasteiger partial charge in [0, 0.05) is 65.1 Å². The second kappa shape index (κ2) is 34.2. The fourth-order valence-electron chi connectivity index (χ4n) is 16.7. The van der Waals surface area contributed by atoms with Gasteiger partial charge < -0.3 is 82.0 Å². The molecule has 5 aliphatic rings. The van der Waals surface area contributed by atoms with Crippen LogP contribution >= 0.6 is 0 Å². The van der Waals surface area contributed by atoms with E-state index in [0.29, 0.717) is 95.3 Å². The first kappa shape index (κ1) is 76.2. The fourth-order valence-corrected chi connectivity index (χ4v) is 16.7. The number of fused-ring (bicyclic) bond motifs is 10. The molecule has 15 rings (SSSR count). The number of nitrogens with zero attached hydrogens (tertiary/aromatic N) is 10. The summed E-state index contributed by atoms with van der Waals surface area (Å²) in [5, 5.41) is 53.2. The molecule has 24 nitrogen and oxygen atoms in total. The van der Waals surface area contributed by atoms with Crippen molar-refractivity contribution in [2.24, 2.45) is 0 Å². The lowest BCUT2D eigenvalue weighted by molar-refractivity contribution is -0.579. The third-order valence-electron chi connectivity index (χ3n) is 22.7. The number of ketones is 1. The molecule has 0 fully saturated rings. The third kappa shape index (κ3) is 15.3. The highest BCUT2D eigenvalue weighted by Crippen LogP contribution is 2.56. The summed E-state index contributed by atoms with van der Waals surface area (Å²) in [5.74, 6) is 3.65. The number of hydrogen-bond acceptors (Lipinski definition) is 23. The number of Topliss-reactive ketones (excluding diaryl/α,β-unsaturated/α-hetero) is 1. The lowest BCUT2D eigenvalue weighted by Gasteiger charge is -2.42. The number of carbonyl (C=O) groups is 1. The molecule has 0 amide bonds. The van der Waals surface area contributed by atoms with Gasteiger partial charge in [-0.05, 0) is 186 Å². The van der Waals surface area contributed by atoms with E-state index in [0.717, 1.165) is 208 Å². The van der Waals surface area contributed by atoms with E-state index in [4.69, 9.17) is 39.4 Å². The van der Waals surface area contributed by atoms with Crippen LogP contribution in [-0.2, 0) is 16.1 Å². The zero-order valence-electron chi connectivity index (χ0n) is 65.9. The molecule has 2 aliphatic heterocycles. The van der Waals surface area contributed by atoms with Crippen LogP contribution in [0.1, 0.15) is 109 Å². The first-order valence-electron chi connectivity index (χ1n) is 40.6. The number of aromatic nitrogens is 6. The van der Waals surface area contributed by atoms with Gasteiger partial charge in [-0.15, -0.1) is 0 Å². The summed E-state index contributed by atoms with van der Waals surface area (Å²) in [7, 11) is 0. The summed E-state index contributed by atoms with van der Waals surface area (Å²) in [6.07, 6.45) is 3.82. The maximum Gasteiger partial charge on any atom is 0.289 e. The van der Waals surface area contributed by atoms with Crippen molar-refractivity contribution in [2.75, 3.05) is 179 Å². The molecule has 2 unspecified atom stereocenters. The molecule has 112 heavy (non-hydrogen) atoms. The zero-order chi connectivity index (χ0) is 77.3. The molecule has 4 heterocycles. The van der Waals surface area contributed by atoms with Crippen LogP contribution in [0.15, 0.2) is 151 Å². The quantitative estimate of drug-likeness (QED) is 0.0161. The third-order valence-corrected chi connectivity index (χ3v) is 22.7. The lowest BCUT2D eigenvalue weighted by Crippen LogP contribution is -2.93. The maximum atomic E-state index is 15.7. The molecule has 8 aromatic carbocycles. The Morgan fingerprint density at radius 3 is 1.30 bits per heavy atom. The van der Waals surface area contributed by atoms with E-state index in [2.05, 4.69) is 225 Å². The molecule has 2 atom stereocenters. The molecular formula is C88H106N20O4. The maximum absolute atomic E-state index is 15.7. The first-order chi connectivity index (χ1) is 54.9. The second-order valence-electron chi connectivity index (χ2n) is 29.1. The van der Waals surface area contributed by atoms with E-state index in [-0.39, 0.29) is 22.7 Å². The van der Waals surface area contributed by atoms with Crippen LogP contribution in [0.4, 0.5) is 52.8 Å². The number of allylic oxidation sites excluding steroid dienone is 2. The highest BCUT2D eigenvalue weighted by molar-refractivity contribution is 6.52. The highest BCUT2D eigenvalue weighted by Gasteiger charge is 2.52. The predicted octanol–water partition coefficient (Wildman–Crippen LogP) is 10.2. The van der Waals surface area contributed by atoms with E-state index in [1.165, 1.54) is 0 Å². The molecule has 24 heteroatoms. The van der Waals surface area contributed by atoms with Crippen LogP contribution in [0.25, 0.3) is 54.9 Å². The van der Waals surface area contributed by atoms with Crippen LogP contribution in [0.3, 0.4) is 0 Å². The van der Waals surface area contributed by atoms with Gasteiger partial charge in [0.1, 0.15) is 24.7 Å². The van der Waals surface area contributed by atoms with Gasteiger partial charge in [-0.25, -0.2) is 4.99 Å². The van der Waals surface area contributed by atoms with Crippen molar-refractivity contribution in [3.8, 4) is 33.8 Å². The van der Waals surface area contributed by atoms with Gasteiger partial charge >= 0.3 is 0 Å². The number of carbonyl (C=O) groups excluding carboxylic acids is 1. The van der Waals surface area contributed by atoms with E-state index in [1.54, 1.807) is 0 Å². The van der Waals surface area contributed by atoms with E-state index < -0.39 is 11.3 Å². The Morgan fingerprint density at radius 2 is 0.812 bits per heavy atom. The average Bonchev–Trinajstić information content (AvgIpc) is 1.35. The van der Waals surface area contributed by atoms with Gasteiger partial charge in [0.15, 0.2) is 11.4 Å². The van der Waals surface area contributed by atoms with E-state index in [9.17, 15) is 0 Å². The Morgan fingerprint density at radius 1 is 0.402 bits per heavy atom. The molecule has 0 radical (unpaired) electrons. The zero-order valence-corrected chi connectivity index (χ0v) is 65.9. The standard InChI is InChI=1S/C88H106N20O4/c1-9-105(10-2)49-23-43-89-81-95-82(90-44-24-50-106(11-3)12-4)98-85(97-81)93-47-53-111-59-37-41-63-61-29-17-19-31-67(61)87(69(63)55-59)101-71-33-21-27-57-35-39-65(77(103-87)73(57)71)75-79(109)76(80(75)110)66-40-36-58-28-22-34-72-74(58)78(66)104-88(102-72)68-32-20-18-30-62(68)64-42-38-60(56-70(64)88)112-54-48-94-86-99-83(91-45-25-51-107(13-5)14-6)96-84(100-86)92-46-26-52-108(15-7)16-8/h17-22,27-42,55-56,101-103,109H,9-16,23-26,43-54H2,1-8H3,(H3,89,90,93,95,97,98)(H3,91,92,94,96,99,100)/b76-66+. The number of nitrogens with one attached hydrogen (secondary N) is 10. The average molecular weight is 1510 g/mol. The summed E-state index contributed by atoms with van der Waals surface area (Å²) in [6.45, 7) is 33.9. The van der Waals surface area contributed by atoms with Crippen molar-refractivity contribution in [3.05, 3.63) is 190 Å². The Balaban J connectivity index is 0.706. The minimum Gasteiger partial charge on any atom is -0.871 e. The lowest BCUT2D eigenvalue weighted by atomic mass is 9.79. The molecule has 2 aromatic heterocycles. The van der Waals surface area contributed by atoms with Crippen LogP contribution in [0.5, 0.6) is 11.5 Å². The van der Waals surface area contributed by atoms with Crippen LogP contribution in [0, 0.1) is 0 Å². The molecule has 3 aliphatic carbocycles. The van der Waals surface area contributed by atoms with E-state index >= 15 is 9.90 Å². The van der Waals surface area contributed by atoms with Crippen LogP contribution < -0.4 is 78.0 Å². The van der Waals surface area contributed by atoms with Crippen LogP contribution in [-0.4, -0.2) is 186 Å². The number of rotatable bonds is 39. The van der Waals surface area contributed by atoms with Crippen molar-refractivity contribution < 1.29 is 24.4 Å². The van der Waals surface area contributed by atoms with Gasteiger partial charge in [0.05, 0.1) is 46.2 Å². The van der Waals surface area contributed by atoms with Gasteiger partial charge in [-0.2, -0.15) is 29.9 Å². The van der Waals surface area contributed by atoms with Gasteiger partial charge in [0.25, 0.3) is 5.66 Å². The van der Waals surface area contributed by atoms with Crippen LogP contribution in [0.2, 0.25) is 0 Å². The van der Waals surface area contributed by atoms with Gasteiger partial charge in [-0.3, -0.25) is 4.79 Å². The summed E-state index contributed by atoms with van der Waals surface area (Å²) < 4.78 is 13.3. The molecule has 10 N–H and O–H groups in total. The first-order valence-corrected chi connectivity index (χ1v) is 40.6. The summed E-state index contributed by atoms with van der Waals surface area (Å²) in [6, 6.07) is 49.5. The number of hydrogen-bond donors (Lipinski definition) is 10. The molecule has 10 aromatic rings. The summed E-state index contributed by atoms with van der Waals surface area (Å²) in [4.78, 5) is 58.0. The second-order valence-corrected chi connectivity index (χ2v) is 29.1. The smallest absolute Gasteiger partial charge is 0.289 e. The Labute approximate surface area is 656 Å². The Hall–Kier alpha value is -11.2. The molecule has 2 spiro atoms. The Kier molecular flexibility index (Phi) is 23.3. The minimum absolute atomic E-state index is 0.126. The molecule has 0 saturated heterocycles. The predicted molar refractivity (Wildman–Crippen MR) is 450 cm³/mol. The highest BCUT2D eigenvalue weighted by atomic mass is 16.5. The van der Waals surface area contributed by atoms with Crippen molar-refractivity contribution in [3.63, 3.8) is 0 Å². The molecule has 582 valence electrons. The molecular weight excluding hydrogens is 1400 g/mol. The number of ether oxygens (including phenoxy) is 2. The number of anilines is 9. The van der Waals surface area contributed by atoms with Gasteiger partial charge in [-0.1, -0.05) is 158 Å². The molecule has 0 bridgehead atoms. The fraction of sp³-hybridized carbons (Fsp3) is 0.386. The van der Waals surface area contributed by atoms with Crippen molar-refractivity contribution in [2.45, 2.75) is 92.4 Å². The van der Waals surface area contributed by atoms with E-state index in [1.807, 2.05) is 48.5 Å². The summed E-state index contributed by atoms with van der Waals surface area (Å²) in [5.41, 5.74) is 9.10. The number of benzene rings is 8. The van der Waals surface area contributed by atoms with Crippen molar-refractivity contribution >= 4 is 91.2 Å². The van der Waals surface area contributed by atoms with Crippen molar-refractivity contribution in [1.82, 2.24) is 49.5 Å². The van der Waals surface area contributed by atoms with Gasteiger partial charge in [0.2, 0.25) is 41.0 Å². The Bertz CT molecular complexity index is 5180. The SMILES string of the molecule is CCN(CC)CCCNc1nc(NCCCN(CC)CC)nc(NCCOc2ccc3c(c2)C2(Nc4cccc5ccc(C6=C([O-])/C(=c7/ccc8cccc9c8c7=[NH+]C7(N9)c8ccccc8-c8ccc(OCCNc9nc(NCCCN(CC)CC)nc(NCCCN(CC)CC)n9)cc87)C6=O)c(c45)N2)c2ccccc2-3)n1. The monoisotopic (exact) mass is 1510 g/mol. The van der Waals surface area contributed by atoms with Crippen molar-refractivity contribution in [1.29, 1.82) is 0 Å². The summed E-state index contributed by atoms with van der Waals surface area (Å²) >= 11 is 0. The molecule has 0 saturated carbocycles.